The molecule has 2 aromatic carbocycles. The third-order valence-electron chi connectivity index (χ3n) is 4.51. The van der Waals surface area contributed by atoms with Crippen molar-refractivity contribution in [2.75, 3.05) is 18.0 Å². The number of ether oxygens (including phenoxy) is 1. The maximum absolute atomic E-state index is 11.9. The third-order valence-corrected chi connectivity index (χ3v) is 4.51. The second kappa shape index (κ2) is 8.11. The van der Waals surface area contributed by atoms with Gasteiger partial charge < -0.3 is 9.64 Å². The van der Waals surface area contributed by atoms with Crippen LogP contribution in [0.1, 0.15) is 42.1 Å². The molecule has 3 rings (SSSR count). The highest BCUT2D eigenvalue weighted by Gasteiger charge is 2.23. The summed E-state index contributed by atoms with van der Waals surface area (Å²) in [6.07, 6.45) is 2.83. The number of carbonyl (C=O) groups is 1. The van der Waals surface area contributed by atoms with Crippen molar-refractivity contribution in [3.63, 3.8) is 0 Å². The quantitative estimate of drug-likeness (QED) is 0.704. The lowest BCUT2D eigenvalue weighted by molar-refractivity contribution is 0.0553. The molecule has 1 atom stereocenters. The molecular formula is C21H25NO2. The van der Waals surface area contributed by atoms with Gasteiger partial charge in [-0.1, -0.05) is 37.3 Å². The smallest absolute Gasteiger partial charge is 0.162 e. The van der Waals surface area contributed by atoms with E-state index in [0.29, 0.717) is 13.0 Å². The molecule has 1 aliphatic heterocycles. The Morgan fingerprint density at radius 2 is 1.88 bits per heavy atom. The molecule has 0 spiro atoms. The molecule has 0 bridgehead atoms. The predicted molar refractivity (Wildman–Crippen MR) is 97.5 cm³/mol. The molecule has 0 saturated carbocycles. The maximum Gasteiger partial charge on any atom is 0.162 e. The molecule has 3 heteroatoms. The Labute approximate surface area is 144 Å². The number of rotatable bonds is 7. The van der Waals surface area contributed by atoms with Crippen LogP contribution >= 0.6 is 0 Å². The number of nitrogens with zero attached hydrogens (tertiary/aromatic N) is 1. The molecule has 1 unspecified atom stereocenters. The van der Waals surface area contributed by atoms with Gasteiger partial charge in [-0.2, -0.15) is 0 Å². The summed E-state index contributed by atoms with van der Waals surface area (Å²) >= 11 is 0. The van der Waals surface area contributed by atoms with E-state index in [-0.39, 0.29) is 11.9 Å². The van der Waals surface area contributed by atoms with Gasteiger partial charge in [-0.05, 0) is 42.7 Å². The van der Waals surface area contributed by atoms with Gasteiger partial charge in [-0.3, -0.25) is 4.79 Å². The Morgan fingerprint density at radius 3 is 2.58 bits per heavy atom. The highest BCUT2D eigenvalue weighted by Crippen LogP contribution is 2.23. The van der Waals surface area contributed by atoms with Crippen molar-refractivity contribution >= 4 is 11.5 Å². The summed E-state index contributed by atoms with van der Waals surface area (Å²) in [5, 5.41) is 0. The van der Waals surface area contributed by atoms with Crippen LogP contribution in [0.15, 0.2) is 54.6 Å². The van der Waals surface area contributed by atoms with Gasteiger partial charge in [0.05, 0.1) is 12.7 Å². The van der Waals surface area contributed by atoms with Gasteiger partial charge in [0.1, 0.15) is 0 Å². The SMILES string of the molecule is CCCC(=O)c1ccc(N2CCC(OCc3ccccc3)C2)cc1. The standard InChI is InChI=1S/C21H25NO2/c1-2-6-21(23)18-9-11-19(12-10-18)22-14-13-20(15-22)24-16-17-7-4-3-5-8-17/h3-5,7-12,20H,2,6,13-16H2,1H3. The minimum Gasteiger partial charge on any atom is -0.372 e. The first kappa shape index (κ1) is 16.7. The van der Waals surface area contributed by atoms with Gasteiger partial charge in [0.25, 0.3) is 0 Å². The largest absolute Gasteiger partial charge is 0.372 e. The van der Waals surface area contributed by atoms with Crippen molar-refractivity contribution in [1.82, 2.24) is 0 Å². The number of ketones is 1. The van der Waals surface area contributed by atoms with Crippen LogP contribution in [-0.4, -0.2) is 25.0 Å². The Bertz CT molecular complexity index is 651. The predicted octanol–water partition coefficient (Wildman–Crippen LogP) is 4.46. The van der Waals surface area contributed by atoms with Crippen molar-refractivity contribution in [3.8, 4) is 0 Å². The molecule has 24 heavy (non-hydrogen) atoms. The lowest BCUT2D eigenvalue weighted by Gasteiger charge is -2.19. The van der Waals surface area contributed by atoms with Crippen molar-refractivity contribution < 1.29 is 9.53 Å². The van der Waals surface area contributed by atoms with Crippen molar-refractivity contribution in [2.45, 2.75) is 38.9 Å². The van der Waals surface area contributed by atoms with Crippen LogP contribution < -0.4 is 4.90 Å². The van der Waals surface area contributed by atoms with Crippen LogP contribution in [0.5, 0.6) is 0 Å². The van der Waals surface area contributed by atoms with Gasteiger partial charge in [0.15, 0.2) is 5.78 Å². The molecule has 1 aliphatic rings. The number of benzene rings is 2. The molecule has 2 aromatic rings. The zero-order chi connectivity index (χ0) is 16.8. The molecule has 1 saturated heterocycles. The van der Waals surface area contributed by atoms with E-state index < -0.39 is 0 Å². The topological polar surface area (TPSA) is 29.5 Å². The summed E-state index contributed by atoms with van der Waals surface area (Å²) in [5.41, 5.74) is 3.21. The summed E-state index contributed by atoms with van der Waals surface area (Å²) in [7, 11) is 0. The van der Waals surface area contributed by atoms with Crippen molar-refractivity contribution in [1.29, 1.82) is 0 Å². The Balaban J connectivity index is 1.52. The van der Waals surface area contributed by atoms with Crippen LogP contribution in [0.3, 0.4) is 0 Å². The van der Waals surface area contributed by atoms with E-state index in [9.17, 15) is 4.79 Å². The second-order valence-electron chi connectivity index (χ2n) is 6.37. The highest BCUT2D eigenvalue weighted by molar-refractivity contribution is 5.96. The summed E-state index contributed by atoms with van der Waals surface area (Å²) in [5.74, 6) is 0.231. The number of hydrogen-bond donors (Lipinski definition) is 0. The molecule has 0 N–H and O–H groups in total. The van der Waals surface area contributed by atoms with Crippen molar-refractivity contribution in [2.24, 2.45) is 0 Å². The Hall–Kier alpha value is -2.13. The molecular weight excluding hydrogens is 298 g/mol. The fourth-order valence-corrected chi connectivity index (χ4v) is 3.12. The van der Waals surface area contributed by atoms with Gasteiger partial charge in [-0.15, -0.1) is 0 Å². The summed E-state index contributed by atoms with van der Waals surface area (Å²) in [4.78, 5) is 14.3. The van der Waals surface area contributed by atoms with Crippen molar-refractivity contribution in [3.05, 3.63) is 65.7 Å². The molecule has 126 valence electrons. The second-order valence-corrected chi connectivity index (χ2v) is 6.37. The van der Waals surface area contributed by atoms with Gasteiger partial charge in [0, 0.05) is 30.8 Å². The number of Topliss-reactive ketones (excluding diaryl/α,β-unsaturated/α-hetero) is 1. The van der Waals surface area contributed by atoms with E-state index in [1.54, 1.807) is 0 Å². The summed E-state index contributed by atoms with van der Waals surface area (Å²) < 4.78 is 6.04. The molecule has 3 nitrogen and oxygen atoms in total. The average molecular weight is 323 g/mol. The molecule has 0 aromatic heterocycles. The first-order chi connectivity index (χ1) is 11.8. The lowest BCUT2D eigenvalue weighted by atomic mass is 10.1. The zero-order valence-electron chi connectivity index (χ0n) is 14.3. The van der Waals surface area contributed by atoms with E-state index >= 15 is 0 Å². The highest BCUT2D eigenvalue weighted by atomic mass is 16.5. The number of anilines is 1. The molecule has 1 heterocycles. The molecule has 0 radical (unpaired) electrons. The van der Waals surface area contributed by atoms with E-state index in [1.165, 1.54) is 11.3 Å². The average Bonchev–Trinajstić information content (AvgIpc) is 3.10. The number of hydrogen-bond acceptors (Lipinski definition) is 3. The van der Waals surface area contributed by atoms with Crippen LogP contribution in [0.25, 0.3) is 0 Å². The first-order valence-electron chi connectivity index (χ1n) is 8.80. The molecule has 0 aliphatic carbocycles. The zero-order valence-corrected chi connectivity index (χ0v) is 14.3. The normalized spacial score (nSPS) is 17.2. The first-order valence-corrected chi connectivity index (χ1v) is 8.80. The Morgan fingerprint density at radius 1 is 1.12 bits per heavy atom. The monoisotopic (exact) mass is 323 g/mol. The van der Waals surface area contributed by atoms with Gasteiger partial charge >= 0.3 is 0 Å². The van der Waals surface area contributed by atoms with Crippen LogP contribution in [0.4, 0.5) is 5.69 Å². The van der Waals surface area contributed by atoms with Crippen LogP contribution in [-0.2, 0) is 11.3 Å². The van der Waals surface area contributed by atoms with Crippen LogP contribution in [0, 0.1) is 0 Å². The summed E-state index contributed by atoms with van der Waals surface area (Å²) in [6.45, 7) is 4.62. The van der Waals surface area contributed by atoms with E-state index in [1.807, 2.05) is 37.3 Å². The summed E-state index contributed by atoms with van der Waals surface area (Å²) in [6, 6.07) is 18.3. The van der Waals surface area contributed by atoms with Gasteiger partial charge in [0.2, 0.25) is 0 Å². The fourth-order valence-electron chi connectivity index (χ4n) is 3.12. The molecule has 1 fully saturated rings. The third kappa shape index (κ3) is 4.24. The van der Waals surface area contributed by atoms with Gasteiger partial charge in [-0.25, -0.2) is 0 Å². The minimum atomic E-state index is 0.231. The fraction of sp³-hybridized carbons (Fsp3) is 0.381. The molecule has 0 amide bonds. The maximum atomic E-state index is 11.9. The number of carbonyl (C=O) groups excluding carboxylic acids is 1. The lowest BCUT2D eigenvalue weighted by Crippen LogP contribution is -2.22. The van der Waals surface area contributed by atoms with Crippen LogP contribution in [0.2, 0.25) is 0 Å². The van der Waals surface area contributed by atoms with E-state index in [4.69, 9.17) is 4.74 Å². The Kier molecular flexibility index (Phi) is 5.65. The van der Waals surface area contributed by atoms with E-state index in [0.717, 1.165) is 31.5 Å². The van der Waals surface area contributed by atoms with E-state index in [2.05, 4.69) is 29.2 Å². The minimum absolute atomic E-state index is 0.231.